The summed E-state index contributed by atoms with van der Waals surface area (Å²) < 4.78 is 5.50. The number of ether oxygens (including phenoxy) is 1. The van der Waals surface area contributed by atoms with Gasteiger partial charge in [0, 0.05) is 12.5 Å². The molecule has 4 bridgehead atoms. The fraction of sp³-hybridized carbons (Fsp3) is 0.812. The second-order valence-electron chi connectivity index (χ2n) is 7.32. The number of cyclic esters (lactones) is 1. The lowest BCUT2D eigenvalue weighted by atomic mass is 9.48. The molecule has 2 nitrogen and oxygen atoms in total. The topological polar surface area (TPSA) is 26.3 Å². The summed E-state index contributed by atoms with van der Waals surface area (Å²) in [5, 5.41) is 0. The minimum atomic E-state index is -0.129. The second-order valence-corrected chi connectivity index (χ2v) is 7.32. The molecule has 0 spiro atoms. The van der Waals surface area contributed by atoms with Crippen LogP contribution in [0.25, 0.3) is 0 Å². The third-order valence-electron chi connectivity index (χ3n) is 5.76. The van der Waals surface area contributed by atoms with E-state index in [4.69, 9.17) is 4.74 Å². The summed E-state index contributed by atoms with van der Waals surface area (Å²) in [6, 6.07) is 0. The number of hydrogen-bond acceptors (Lipinski definition) is 2. The zero-order valence-electron chi connectivity index (χ0n) is 10.9. The quantitative estimate of drug-likeness (QED) is 0.697. The first-order valence-electron chi connectivity index (χ1n) is 7.58. The van der Waals surface area contributed by atoms with Crippen molar-refractivity contribution in [2.24, 2.45) is 23.2 Å². The van der Waals surface area contributed by atoms with Crippen LogP contribution in [-0.2, 0) is 9.53 Å². The average molecular weight is 246 g/mol. The van der Waals surface area contributed by atoms with Gasteiger partial charge in [0.2, 0.25) is 0 Å². The monoisotopic (exact) mass is 246 g/mol. The van der Waals surface area contributed by atoms with Crippen molar-refractivity contribution in [2.75, 3.05) is 0 Å². The number of carbonyl (C=O) groups is 1. The van der Waals surface area contributed by atoms with Gasteiger partial charge in [-0.2, -0.15) is 0 Å². The molecule has 18 heavy (non-hydrogen) atoms. The van der Waals surface area contributed by atoms with Crippen molar-refractivity contribution in [1.29, 1.82) is 0 Å². The first-order chi connectivity index (χ1) is 8.71. The molecular formula is C16H22O2. The fourth-order valence-corrected chi connectivity index (χ4v) is 5.72. The van der Waals surface area contributed by atoms with E-state index in [2.05, 4.69) is 0 Å². The Kier molecular flexibility index (Phi) is 2.37. The second kappa shape index (κ2) is 3.85. The maximum atomic E-state index is 11.4. The maximum absolute atomic E-state index is 11.4. The average Bonchev–Trinajstić information content (AvgIpc) is 2.25. The van der Waals surface area contributed by atoms with Crippen molar-refractivity contribution in [2.45, 2.75) is 57.5 Å². The standard InChI is InChI=1S/C16H22O2/c17-15-3-1-2-14(18-15)10-16-7-11-4-12(8-16)6-13(5-11)9-16/h1,3,11-14H,2,4-10H2. The molecular weight excluding hydrogens is 224 g/mol. The van der Waals surface area contributed by atoms with E-state index in [1.165, 1.54) is 38.5 Å². The van der Waals surface area contributed by atoms with Crippen LogP contribution in [-0.4, -0.2) is 12.1 Å². The first-order valence-corrected chi connectivity index (χ1v) is 7.58. The van der Waals surface area contributed by atoms with Gasteiger partial charge < -0.3 is 4.74 Å². The van der Waals surface area contributed by atoms with Gasteiger partial charge in [-0.25, -0.2) is 4.79 Å². The molecule has 0 radical (unpaired) electrons. The fourth-order valence-electron chi connectivity index (χ4n) is 5.72. The molecule has 0 aromatic carbocycles. The summed E-state index contributed by atoms with van der Waals surface area (Å²) in [6.45, 7) is 0. The van der Waals surface area contributed by atoms with Gasteiger partial charge in [0.05, 0.1) is 0 Å². The first kappa shape index (κ1) is 11.1. The van der Waals surface area contributed by atoms with E-state index in [9.17, 15) is 4.79 Å². The van der Waals surface area contributed by atoms with Crippen LogP contribution in [0.5, 0.6) is 0 Å². The van der Waals surface area contributed by atoms with Crippen LogP contribution >= 0.6 is 0 Å². The van der Waals surface area contributed by atoms with Gasteiger partial charge in [0.15, 0.2) is 0 Å². The van der Waals surface area contributed by atoms with Crippen LogP contribution in [0.15, 0.2) is 12.2 Å². The van der Waals surface area contributed by atoms with E-state index >= 15 is 0 Å². The third kappa shape index (κ3) is 1.81. The van der Waals surface area contributed by atoms with Crippen molar-refractivity contribution in [3.63, 3.8) is 0 Å². The van der Waals surface area contributed by atoms with Crippen LogP contribution in [0.3, 0.4) is 0 Å². The van der Waals surface area contributed by atoms with Crippen molar-refractivity contribution in [3.8, 4) is 0 Å². The summed E-state index contributed by atoms with van der Waals surface area (Å²) >= 11 is 0. The Hall–Kier alpha value is -0.790. The molecule has 0 aromatic rings. The van der Waals surface area contributed by atoms with Crippen LogP contribution in [0.2, 0.25) is 0 Å². The predicted octanol–water partition coefficient (Wildman–Crippen LogP) is 3.46. The number of hydrogen-bond donors (Lipinski definition) is 0. The number of esters is 1. The van der Waals surface area contributed by atoms with Crippen LogP contribution < -0.4 is 0 Å². The molecule has 5 aliphatic rings. The van der Waals surface area contributed by atoms with Crippen LogP contribution in [0.4, 0.5) is 0 Å². The van der Waals surface area contributed by atoms with Crippen molar-refractivity contribution >= 4 is 5.97 Å². The molecule has 2 heteroatoms. The van der Waals surface area contributed by atoms with Gasteiger partial charge in [-0.15, -0.1) is 0 Å². The molecule has 0 saturated heterocycles. The van der Waals surface area contributed by atoms with Crippen molar-refractivity contribution in [1.82, 2.24) is 0 Å². The molecule has 1 aliphatic heterocycles. The molecule has 1 heterocycles. The third-order valence-corrected chi connectivity index (χ3v) is 5.76. The van der Waals surface area contributed by atoms with E-state index in [1.807, 2.05) is 6.08 Å². The van der Waals surface area contributed by atoms with Crippen molar-refractivity contribution in [3.05, 3.63) is 12.2 Å². The lowest BCUT2D eigenvalue weighted by molar-refractivity contribution is -0.149. The highest BCUT2D eigenvalue weighted by Gasteiger charge is 2.51. The largest absolute Gasteiger partial charge is 0.459 e. The Bertz CT molecular complexity index is 361. The Labute approximate surface area is 109 Å². The molecule has 1 unspecified atom stereocenters. The zero-order valence-corrected chi connectivity index (χ0v) is 10.9. The van der Waals surface area contributed by atoms with E-state index in [0.717, 1.165) is 30.6 Å². The normalized spacial score (nSPS) is 49.4. The van der Waals surface area contributed by atoms with E-state index in [1.54, 1.807) is 6.08 Å². The lowest BCUT2D eigenvalue weighted by Crippen LogP contribution is -2.47. The number of rotatable bonds is 2. The highest BCUT2D eigenvalue weighted by molar-refractivity contribution is 5.82. The van der Waals surface area contributed by atoms with E-state index < -0.39 is 0 Å². The smallest absolute Gasteiger partial charge is 0.330 e. The Morgan fingerprint density at radius 3 is 2.28 bits per heavy atom. The number of carbonyl (C=O) groups excluding carboxylic acids is 1. The van der Waals surface area contributed by atoms with Gasteiger partial charge in [0.1, 0.15) is 6.10 Å². The molecule has 0 aromatic heterocycles. The molecule has 4 fully saturated rings. The lowest BCUT2D eigenvalue weighted by Gasteiger charge is -2.57. The predicted molar refractivity (Wildman–Crippen MR) is 68.9 cm³/mol. The Morgan fingerprint density at radius 2 is 1.72 bits per heavy atom. The summed E-state index contributed by atoms with van der Waals surface area (Å²) in [5.41, 5.74) is 0.533. The molecule has 0 amide bonds. The SMILES string of the molecule is O=C1C=CCC(CC23CC4CC(CC(C4)C2)C3)O1. The Morgan fingerprint density at radius 1 is 1.11 bits per heavy atom. The molecule has 1 atom stereocenters. The van der Waals surface area contributed by atoms with Crippen LogP contribution in [0.1, 0.15) is 51.4 Å². The minimum Gasteiger partial charge on any atom is -0.459 e. The highest BCUT2D eigenvalue weighted by Crippen LogP contribution is 2.61. The van der Waals surface area contributed by atoms with Gasteiger partial charge in [0.25, 0.3) is 0 Å². The molecule has 98 valence electrons. The van der Waals surface area contributed by atoms with Gasteiger partial charge >= 0.3 is 5.97 Å². The minimum absolute atomic E-state index is 0.129. The summed E-state index contributed by atoms with van der Waals surface area (Å²) in [6.07, 6.45) is 14.5. The molecule has 5 rings (SSSR count). The van der Waals surface area contributed by atoms with Crippen molar-refractivity contribution < 1.29 is 9.53 Å². The van der Waals surface area contributed by atoms with Gasteiger partial charge in [-0.1, -0.05) is 6.08 Å². The van der Waals surface area contributed by atoms with Gasteiger partial charge in [-0.3, -0.25) is 0 Å². The summed E-state index contributed by atoms with van der Waals surface area (Å²) in [4.78, 5) is 11.4. The molecule has 4 aliphatic carbocycles. The highest BCUT2D eigenvalue weighted by atomic mass is 16.5. The maximum Gasteiger partial charge on any atom is 0.330 e. The molecule has 4 saturated carbocycles. The van der Waals surface area contributed by atoms with Crippen LogP contribution in [0, 0.1) is 23.2 Å². The Balaban J connectivity index is 1.50. The van der Waals surface area contributed by atoms with Gasteiger partial charge in [-0.05, 0) is 68.1 Å². The summed E-state index contributed by atoms with van der Waals surface area (Å²) in [7, 11) is 0. The van der Waals surface area contributed by atoms with E-state index in [0.29, 0.717) is 5.41 Å². The summed E-state index contributed by atoms with van der Waals surface area (Å²) in [5.74, 6) is 2.85. The molecule has 0 N–H and O–H groups in total. The zero-order chi connectivity index (χ0) is 12.2. The van der Waals surface area contributed by atoms with E-state index in [-0.39, 0.29) is 12.1 Å².